The van der Waals surface area contributed by atoms with Crippen molar-refractivity contribution in [2.45, 2.75) is 37.7 Å². The first-order valence-electron chi connectivity index (χ1n) is 10.5. The SMILES string of the molecule is C=C(/C=C(/F)C(=C)COc1ccc(-c2ccc(C3CCC(O)CC3)c(F)c2F)cc1)OC. The Hall–Kier alpha value is -2.99. The molecule has 2 aromatic rings. The van der Waals surface area contributed by atoms with Crippen molar-refractivity contribution in [3.05, 3.63) is 90.0 Å². The van der Waals surface area contributed by atoms with Gasteiger partial charge in [-0.3, -0.25) is 0 Å². The highest BCUT2D eigenvalue weighted by atomic mass is 19.2. The van der Waals surface area contributed by atoms with E-state index in [-0.39, 0.29) is 35.5 Å². The maximum Gasteiger partial charge on any atom is 0.166 e. The number of aliphatic hydroxyl groups excluding tert-OH is 1. The van der Waals surface area contributed by atoms with Gasteiger partial charge in [-0.15, -0.1) is 0 Å². The molecule has 0 spiro atoms. The summed E-state index contributed by atoms with van der Waals surface area (Å²) in [4.78, 5) is 0. The van der Waals surface area contributed by atoms with Crippen molar-refractivity contribution in [3.8, 4) is 16.9 Å². The molecule has 0 heterocycles. The summed E-state index contributed by atoms with van der Waals surface area (Å²) in [7, 11) is 1.39. The first kappa shape index (κ1) is 23.7. The van der Waals surface area contributed by atoms with E-state index in [1.54, 1.807) is 36.4 Å². The topological polar surface area (TPSA) is 38.7 Å². The van der Waals surface area contributed by atoms with Gasteiger partial charge in [0.25, 0.3) is 0 Å². The van der Waals surface area contributed by atoms with Gasteiger partial charge in [-0.1, -0.05) is 37.4 Å². The number of rotatable bonds is 8. The molecule has 0 amide bonds. The molecule has 1 aliphatic carbocycles. The second-order valence-corrected chi connectivity index (χ2v) is 7.92. The number of halogens is 3. The maximum atomic E-state index is 14.8. The van der Waals surface area contributed by atoms with Crippen LogP contribution in [0.2, 0.25) is 0 Å². The monoisotopic (exact) mass is 444 g/mol. The number of benzene rings is 2. The minimum absolute atomic E-state index is 0.0821. The summed E-state index contributed by atoms with van der Waals surface area (Å²) < 4.78 is 53.9. The van der Waals surface area contributed by atoms with Crippen LogP contribution >= 0.6 is 0 Å². The molecule has 1 aliphatic rings. The third-order valence-corrected chi connectivity index (χ3v) is 5.71. The highest BCUT2D eigenvalue weighted by Gasteiger charge is 2.25. The molecule has 1 fully saturated rings. The van der Waals surface area contributed by atoms with Crippen molar-refractivity contribution in [3.63, 3.8) is 0 Å². The average molecular weight is 444 g/mol. The summed E-state index contributed by atoms with van der Waals surface area (Å²) in [6, 6.07) is 9.65. The third kappa shape index (κ3) is 5.62. The van der Waals surface area contributed by atoms with Crippen LogP contribution in [-0.2, 0) is 4.74 Å². The minimum atomic E-state index is -0.888. The highest BCUT2D eigenvalue weighted by molar-refractivity contribution is 5.65. The van der Waals surface area contributed by atoms with Crippen molar-refractivity contribution in [2.24, 2.45) is 0 Å². The Bertz CT molecular complexity index is 1000. The second-order valence-electron chi connectivity index (χ2n) is 7.92. The van der Waals surface area contributed by atoms with E-state index in [4.69, 9.17) is 9.47 Å². The van der Waals surface area contributed by atoms with E-state index in [9.17, 15) is 18.3 Å². The van der Waals surface area contributed by atoms with Gasteiger partial charge in [-0.05, 0) is 54.9 Å². The summed E-state index contributed by atoms with van der Waals surface area (Å²) in [6.45, 7) is 7.05. The van der Waals surface area contributed by atoms with Crippen LogP contribution in [0.15, 0.2) is 72.8 Å². The van der Waals surface area contributed by atoms with E-state index >= 15 is 0 Å². The van der Waals surface area contributed by atoms with Gasteiger partial charge in [0.05, 0.1) is 13.2 Å². The lowest BCUT2D eigenvalue weighted by atomic mass is 9.82. The quantitative estimate of drug-likeness (QED) is 0.368. The van der Waals surface area contributed by atoms with E-state index in [2.05, 4.69) is 13.2 Å². The van der Waals surface area contributed by atoms with Gasteiger partial charge in [-0.2, -0.15) is 0 Å². The number of hydrogen-bond acceptors (Lipinski definition) is 3. The molecule has 6 heteroatoms. The first-order valence-corrected chi connectivity index (χ1v) is 10.5. The fourth-order valence-corrected chi connectivity index (χ4v) is 3.76. The Morgan fingerprint density at radius 2 is 1.69 bits per heavy atom. The zero-order valence-electron chi connectivity index (χ0n) is 18.0. The zero-order chi connectivity index (χ0) is 23.3. The molecule has 0 radical (unpaired) electrons. The predicted molar refractivity (Wildman–Crippen MR) is 119 cm³/mol. The summed E-state index contributed by atoms with van der Waals surface area (Å²) in [5, 5.41) is 9.64. The summed E-state index contributed by atoms with van der Waals surface area (Å²) >= 11 is 0. The lowest BCUT2D eigenvalue weighted by Gasteiger charge is -2.26. The van der Waals surface area contributed by atoms with Gasteiger partial charge < -0.3 is 14.6 Å². The molecule has 32 heavy (non-hydrogen) atoms. The van der Waals surface area contributed by atoms with Gasteiger partial charge in [-0.25, -0.2) is 13.2 Å². The van der Waals surface area contributed by atoms with Crippen molar-refractivity contribution < 1.29 is 27.8 Å². The highest BCUT2D eigenvalue weighted by Crippen LogP contribution is 2.37. The molecule has 170 valence electrons. The molecule has 0 atom stereocenters. The number of methoxy groups -OCH3 is 1. The van der Waals surface area contributed by atoms with E-state index < -0.39 is 17.5 Å². The van der Waals surface area contributed by atoms with Crippen LogP contribution in [-0.4, -0.2) is 24.9 Å². The molecule has 0 unspecified atom stereocenters. The minimum Gasteiger partial charge on any atom is -0.497 e. The molecule has 1 saturated carbocycles. The van der Waals surface area contributed by atoms with Crippen molar-refractivity contribution in [1.29, 1.82) is 0 Å². The smallest absolute Gasteiger partial charge is 0.166 e. The Kier molecular flexibility index (Phi) is 7.80. The summed E-state index contributed by atoms with van der Waals surface area (Å²) in [5.41, 5.74) is 1.14. The van der Waals surface area contributed by atoms with Crippen molar-refractivity contribution >= 4 is 0 Å². The van der Waals surface area contributed by atoms with E-state index in [1.807, 2.05) is 0 Å². The van der Waals surface area contributed by atoms with Crippen molar-refractivity contribution in [1.82, 2.24) is 0 Å². The van der Waals surface area contributed by atoms with Crippen LogP contribution in [0.1, 0.15) is 37.2 Å². The number of hydrogen-bond donors (Lipinski definition) is 1. The summed E-state index contributed by atoms with van der Waals surface area (Å²) in [5.74, 6) is -1.80. The van der Waals surface area contributed by atoms with Crippen LogP contribution in [0.3, 0.4) is 0 Å². The maximum absolute atomic E-state index is 14.8. The molecular formula is C26H27F3O3. The third-order valence-electron chi connectivity index (χ3n) is 5.71. The molecule has 3 nitrogen and oxygen atoms in total. The molecular weight excluding hydrogens is 417 g/mol. The fraction of sp³-hybridized carbons (Fsp3) is 0.308. The average Bonchev–Trinajstić information content (AvgIpc) is 2.80. The van der Waals surface area contributed by atoms with Crippen LogP contribution in [0.25, 0.3) is 11.1 Å². The molecule has 0 bridgehead atoms. The van der Waals surface area contributed by atoms with Crippen LogP contribution in [0.4, 0.5) is 13.2 Å². The van der Waals surface area contributed by atoms with Gasteiger partial charge in [0.1, 0.15) is 23.9 Å². The van der Waals surface area contributed by atoms with Gasteiger partial charge in [0.2, 0.25) is 0 Å². The molecule has 0 aromatic heterocycles. The van der Waals surface area contributed by atoms with Crippen LogP contribution < -0.4 is 4.74 Å². The largest absolute Gasteiger partial charge is 0.497 e. The molecule has 2 aromatic carbocycles. The Balaban J connectivity index is 1.68. The number of allylic oxidation sites excluding steroid dienone is 1. The standard InChI is InChI=1S/C26H27F3O3/c1-16(24(27)14-17(2)31-3)15-32-21-10-6-19(7-11-21)23-13-12-22(25(28)26(23)29)18-4-8-20(30)9-5-18/h6-7,10-14,18,20,30H,1-2,4-5,8-9,15H2,3H3/b24-14+. The lowest BCUT2D eigenvalue weighted by Crippen LogP contribution is -2.18. The molecule has 1 N–H and O–H groups in total. The fourth-order valence-electron chi connectivity index (χ4n) is 3.76. The van der Waals surface area contributed by atoms with Crippen LogP contribution in [0, 0.1) is 11.6 Å². The Morgan fingerprint density at radius 3 is 2.31 bits per heavy atom. The second kappa shape index (κ2) is 10.6. The van der Waals surface area contributed by atoms with Crippen molar-refractivity contribution in [2.75, 3.05) is 13.7 Å². The predicted octanol–water partition coefficient (Wildman–Crippen LogP) is 6.60. The van der Waals surface area contributed by atoms with E-state index in [0.29, 0.717) is 42.6 Å². The van der Waals surface area contributed by atoms with Gasteiger partial charge in [0, 0.05) is 17.2 Å². The number of aliphatic hydroxyl groups is 1. The van der Waals surface area contributed by atoms with Gasteiger partial charge in [0.15, 0.2) is 11.6 Å². The molecule has 3 rings (SSSR count). The Morgan fingerprint density at radius 1 is 1.03 bits per heavy atom. The summed E-state index contributed by atoms with van der Waals surface area (Å²) in [6.07, 6.45) is 3.25. The normalized spacial score (nSPS) is 18.8. The van der Waals surface area contributed by atoms with Gasteiger partial charge >= 0.3 is 0 Å². The Labute approximate surface area is 186 Å². The van der Waals surface area contributed by atoms with E-state index in [0.717, 1.165) is 6.08 Å². The molecule has 0 saturated heterocycles. The number of ether oxygens (including phenoxy) is 2. The molecule has 0 aliphatic heterocycles. The lowest BCUT2D eigenvalue weighted by molar-refractivity contribution is 0.122. The van der Waals surface area contributed by atoms with Crippen LogP contribution in [0.5, 0.6) is 5.75 Å². The van der Waals surface area contributed by atoms with E-state index in [1.165, 1.54) is 7.11 Å². The zero-order valence-corrected chi connectivity index (χ0v) is 18.0. The first-order chi connectivity index (χ1) is 15.3.